The summed E-state index contributed by atoms with van der Waals surface area (Å²) in [7, 11) is 2.07. The van der Waals surface area contributed by atoms with Crippen molar-refractivity contribution in [3.8, 4) is 0 Å². The smallest absolute Gasteiger partial charge is 0.0390 e. The second kappa shape index (κ2) is 5.01. The van der Waals surface area contributed by atoms with Crippen LogP contribution in [0.2, 0.25) is 0 Å². The Hall–Kier alpha value is -2.12. The van der Waals surface area contributed by atoms with Crippen LogP contribution in [0, 0.1) is 0 Å². The number of benzene rings is 3. The minimum atomic E-state index is 0.393. The summed E-state index contributed by atoms with van der Waals surface area (Å²) < 4.78 is 0. The molecule has 2 atom stereocenters. The fourth-order valence-corrected chi connectivity index (χ4v) is 3.60. The molecular formula is C20H19N. The van der Waals surface area contributed by atoms with Gasteiger partial charge in [-0.2, -0.15) is 0 Å². The maximum absolute atomic E-state index is 3.53. The zero-order valence-electron chi connectivity index (χ0n) is 12.2. The first-order chi connectivity index (χ1) is 10.4. The molecule has 2 unspecified atom stereocenters. The molecule has 21 heavy (non-hydrogen) atoms. The highest BCUT2D eigenvalue weighted by Crippen LogP contribution is 2.43. The van der Waals surface area contributed by atoms with Gasteiger partial charge in [0.1, 0.15) is 0 Å². The molecule has 0 bridgehead atoms. The third-order valence-electron chi connectivity index (χ3n) is 4.74. The first kappa shape index (κ1) is 12.6. The van der Waals surface area contributed by atoms with Crippen LogP contribution in [0.4, 0.5) is 0 Å². The number of hydrogen-bond acceptors (Lipinski definition) is 1. The summed E-state index contributed by atoms with van der Waals surface area (Å²) in [4.78, 5) is 0. The van der Waals surface area contributed by atoms with Crippen LogP contribution in [0.5, 0.6) is 0 Å². The third kappa shape index (κ3) is 2.05. The molecule has 1 heteroatoms. The fourth-order valence-electron chi connectivity index (χ4n) is 3.60. The van der Waals surface area contributed by atoms with E-state index in [1.165, 1.54) is 33.9 Å². The quantitative estimate of drug-likeness (QED) is 0.744. The lowest BCUT2D eigenvalue weighted by Gasteiger charge is -2.37. The molecule has 0 amide bonds. The van der Waals surface area contributed by atoms with Crippen LogP contribution in [0.25, 0.3) is 10.8 Å². The minimum absolute atomic E-state index is 0.393. The molecule has 1 aliphatic rings. The zero-order valence-corrected chi connectivity index (χ0v) is 12.2. The molecule has 4 rings (SSSR count). The van der Waals surface area contributed by atoms with E-state index in [0.717, 1.165) is 0 Å². The molecule has 0 spiro atoms. The van der Waals surface area contributed by atoms with Crippen molar-refractivity contribution in [3.05, 3.63) is 83.4 Å². The van der Waals surface area contributed by atoms with E-state index in [4.69, 9.17) is 0 Å². The highest BCUT2D eigenvalue weighted by atomic mass is 14.9. The van der Waals surface area contributed by atoms with Crippen LogP contribution < -0.4 is 5.32 Å². The van der Waals surface area contributed by atoms with Gasteiger partial charge in [0.05, 0.1) is 0 Å². The predicted octanol–water partition coefficient (Wildman–Crippen LogP) is 4.44. The van der Waals surface area contributed by atoms with Gasteiger partial charge in [-0.15, -0.1) is 0 Å². The number of hydrogen-bond donors (Lipinski definition) is 1. The van der Waals surface area contributed by atoms with Crippen LogP contribution in [-0.4, -0.2) is 7.05 Å². The Labute approximate surface area is 125 Å². The molecule has 3 aromatic rings. The molecule has 104 valence electrons. The van der Waals surface area contributed by atoms with Crippen LogP contribution in [0.3, 0.4) is 0 Å². The molecule has 0 aliphatic heterocycles. The van der Waals surface area contributed by atoms with Crippen molar-refractivity contribution in [1.82, 2.24) is 5.32 Å². The molecule has 0 saturated heterocycles. The van der Waals surface area contributed by atoms with Crippen molar-refractivity contribution in [3.63, 3.8) is 0 Å². The number of likely N-dealkylation sites (N-methyl/N-ethyl adjacent to an activating group) is 1. The summed E-state index contributed by atoms with van der Waals surface area (Å²) in [5.74, 6) is 0.590. The van der Waals surface area contributed by atoms with E-state index in [1.54, 1.807) is 0 Å². The predicted molar refractivity (Wildman–Crippen MR) is 88.6 cm³/mol. The van der Waals surface area contributed by atoms with Crippen molar-refractivity contribution < 1.29 is 0 Å². The van der Waals surface area contributed by atoms with E-state index in [2.05, 4.69) is 79.1 Å². The number of rotatable bonds is 3. The standard InChI is InChI=1S/C20H19N/c1-21-20(19-13-16-8-4-5-9-18(16)19)17-11-10-14-6-2-3-7-15(14)12-17/h2-12,19-21H,13H2,1H3. The Morgan fingerprint density at radius 1 is 0.905 bits per heavy atom. The number of fused-ring (bicyclic) bond motifs is 2. The van der Waals surface area contributed by atoms with Gasteiger partial charge < -0.3 is 5.32 Å². The maximum atomic E-state index is 3.53. The second-order valence-electron chi connectivity index (χ2n) is 5.88. The second-order valence-corrected chi connectivity index (χ2v) is 5.88. The molecule has 0 heterocycles. The topological polar surface area (TPSA) is 12.0 Å². The zero-order chi connectivity index (χ0) is 14.2. The van der Waals surface area contributed by atoms with Gasteiger partial charge in [0.2, 0.25) is 0 Å². The first-order valence-electron chi connectivity index (χ1n) is 7.60. The van der Waals surface area contributed by atoms with Gasteiger partial charge in [0.25, 0.3) is 0 Å². The van der Waals surface area contributed by atoms with Crippen molar-refractivity contribution in [2.75, 3.05) is 7.05 Å². The lowest BCUT2D eigenvalue weighted by Crippen LogP contribution is -2.31. The van der Waals surface area contributed by atoms with Crippen LogP contribution in [0.1, 0.15) is 28.7 Å². The van der Waals surface area contributed by atoms with Crippen molar-refractivity contribution in [1.29, 1.82) is 0 Å². The highest BCUT2D eigenvalue weighted by molar-refractivity contribution is 5.83. The van der Waals surface area contributed by atoms with Gasteiger partial charge in [-0.25, -0.2) is 0 Å². The SMILES string of the molecule is CNC(c1ccc2ccccc2c1)C1Cc2ccccc21. The average Bonchev–Trinajstić information content (AvgIpc) is 2.52. The van der Waals surface area contributed by atoms with Gasteiger partial charge in [-0.1, -0.05) is 60.7 Å². The monoisotopic (exact) mass is 273 g/mol. The van der Waals surface area contributed by atoms with Crippen LogP contribution in [-0.2, 0) is 6.42 Å². The molecule has 0 radical (unpaired) electrons. The third-order valence-corrected chi connectivity index (χ3v) is 4.74. The summed E-state index contributed by atoms with van der Waals surface area (Å²) in [6.07, 6.45) is 1.18. The van der Waals surface area contributed by atoms with E-state index >= 15 is 0 Å². The Bertz CT molecular complexity index is 790. The van der Waals surface area contributed by atoms with Crippen molar-refractivity contribution >= 4 is 10.8 Å². The van der Waals surface area contributed by atoms with E-state index in [1.807, 2.05) is 0 Å². The van der Waals surface area contributed by atoms with Crippen molar-refractivity contribution in [2.45, 2.75) is 18.4 Å². The summed E-state index contributed by atoms with van der Waals surface area (Å²) in [6, 6.07) is 24.6. The van der Waals surface area contributed by atoms with Gasteiger partial charge >= 0.3 is 0 Å². The lowest BCUT2D eigenvalue weighted by molar-refractivity contribution is 0.439. The van der Waals surface area contributed by atoms with Gasteiger partial charge in [0, 0.05) is 12.0 Å². The van der Waals surface area contributed by atoms with E-state index in [0.29, 0.717) is 12.0 Å². The van der Waals surface area contributed by atoms with Crippen molar-refractivity contribution in [2.24, 2.45) is 0 Å². The normalized spacial score (nSPS) is 18.0. The van der Waals surface area contributed by atoms with Crippen LogP contribution in [0.15, 0.2) is 66.7 Å². The molecule has 1 aliphatic carbocycles. The van der Waals surface area contributed by atoms with Gasteiger partial charge in [0.15, 0.2) is 0 Å². The Morgan fingerprint density at radius 2 is 1.67 bits per heavy atom. The van der Waals surface area contributed by atoms with E-state index in [9.17, 15) is 0 Å². The van der Waals surface area contributed by atoms with Crippen LogP contribution >= 0.6 is 0 Å². The highest BCUT2D eigenvalue weighted by Gasteiger charge is 2.32. The Balaban J connectivity index is 1.72. The summed E-state index contributed by atoms with van der Waals surface area (Å²) in [5, 5.41) is 6.16. The maximum Gasteiger partial charge on any atom is 0.0390 e. The van der Waals surface area contributed by atoms with E-state index < -0.39 is 0 Å². The molecule has 1 nitrogen and oxygen atoms in total. The molecule has 1 N–H and O–H groups in total. The molecule has 0 fully saturated rings. The molecular weight excluding hydrogens is 254 g/mol. The summed E-state index contributed by atoms with van der Waals surface area (Å²) in [5.41, 5.74) is 4.39. The Kier molecular flexibility index (Phi) is 3.01. The number of nitrogens with one attached hydrogen (secondary N) is 1. The average molecular weight is 273 g/mol. The first-order valence-corrected chi connectivity index (χ1v) is 7.60. The lowest BCUT2D eigenvalue weighted by atomic mass is 9.71. The van der Waals surface area contributed by atoms with Gasteiger partial charge in [-0.3, -0.25) is 0 Å². The summed E-state index contributed by atoms with van der Waals surface area (Å²) in [6.45, 7) is 0. The molecule has 3 aromatic carbocycles. The van der Waals surface area contributed by atoms with Gasteiger partial charge in [-0.05, 0) is 47.0 Å². The minimum Gasteiger partial charge on any atom is -0.312 e. The summed E-state index contributed by atoms with van der Waals surface area (Å²) >= 11 is 0. The Morgan fingerprint density at radius 3 is 2.48 bits per heavy atom. The molecule has 0 saturated carbocycles. The fraction of sp³-hybridized carbons (Fsp3) is 0.200. The molecule has 0 aromatic heterocycles. The largest absolute Gasteiger partial charge is 0.312 e. The van der Waals surface area contributed by atoms with E-state index in [-0.39, 0.29) is 0 Å².